The van der Waals surface area contributed by atoms with Crippen molar-refractivity contribution in [2.24, 2.45) is 10.4 Å². The van der Waals surface area contributed by atoms with Crippen LogP contribution in [0.25, 0.3) is 11.4 Å². The van der Waals surface area contributed by atoms with Crippen LogP contribution < -0.4 is 5.32 Å². The zero-order chi connectivity index (χ0) is 18.1. The number of aliphatic imine (C=N–C) groups is 1. The van der Waals surface area contributed by atoms with E-state index in [1.807, 2.05) is 12.1 Å². The third-order valence-electron chi connectivity index (χ3n) is 5.50. The second kappa shape index (κ2) is 6.50. The van der Waals surface area contributed by atoms with Crippen molar-refractivity contribution < 1.29 is 0 Å². The third-order valence-corrected chi connectivity index (χ3v) is 5.50. The summed E-state index contributed by atoms with van der Waals surface area (Å²) in [4.78, 5) is 11.5. The van der Waals surface area contributed by atoms with Crippen LogP contribution in [-0.4, -0.2) is 44.7 Å². The topological polar surface area (TPSA) is 69.2 Å². The van der Waals surface area contributed by atoms with Crippen molar-refractivity contribution in [3.8, 4) is 11.4 Å². The fraction of sp³-hybridized carbons (Fsp3) is 0.526. The number of hydrogen-bond donors (Lipinski definition) is 2. The van der Waals surface area contributed by atoms with E-state index in [2.05, 4.69) is 72.1 Å². The van der Waals surface area contributed by atoms with E-state index < -0.39 is 0 Å². The predicted molar refractivity (Wildman–Crippen MR) is 101 cm³/mol. The molecule has 0 atom stereocenters. The van der Waals surface area contributed by atoms with E-state index in [9.17, 15) is 0 Å². The highest BCUT2D eigenvalue weighted by Gasteiger charge is 2.53. The van der Waals surface area contributed by atoms with Gasteiger partial charge in [0.1, 0.15) is 6.33 Å². The average molecular weight is 340 g/mol. The Morgan fingerprint density at radius 1 is 1.32 bits per heavy atom. The van der Waals surface area contributed by atoms with E-state index >= 15 is 0 Å². The number of aromatic nitrogens is 3. The maximum absolute atomic E-state index is 4.87. The summed E-state index contributed by atoms with van der Waals surface area (Å²) in [6.45, 7) is 13.8. The van der Waals surface area contributed by atoms with Gasteiger partial charge in [-0.15, -0.1) is 0 Å². The number of nitrogens with one attached hydrogen (secondary N) is 2. The Balaban J connectivity index is 1.78. The first-order valence-electron chi connectivity index (χ1n) is 8.86. The van der Waals surface area contributed by atoms with Gasteiger partial charge in [0.15, 0.2) is 11.8 Å². The molecule has 0 spiro atoms. The van der Waals surface area contributed by atoms with Crippen molar-refractivity contribution in [2.75, 3.05) is 13.1 Å². The summed E-state index contributed by atoms with van der Waals surface area (Å²) in [5, 5.41) is 10.3. The molecule has 134 valence electrons. The van der Waals surface area contributed by atoms with E-state index in [-0.39, 0.29) is 11.0 Å². The minimum atomic E-state index is 0.0929. The van der Waals surface area contributed by atoms with Crippen LogP contribution in [0.15, 0.2) is 35.6 Å². The third kappa shape index (κ3) is 3.25. The number of nitrogens with zero attached hydrogens (tertiary/aromatic N) is 4. The van der Waals surface area contributed by atoms with Crippen molar-refractivity contribution >= 4 is 5.96 Å². The van der Waals surface area contributed by atoms with Gasteiger partial charge in [-0.05, 0) is 32.4 Å². The van der Waals surface area contributed by atoms with Gasteiger partial charge in [0.25, 0.3) is 0 Å². The van der Waals surface area contributed by atoms with E-state index in [0.29, 0.717) is 6.54 Å². The number of guanidine groups is 1. The smallest absolute Gasteiger partial charge is 0.194 e. The molecule has 3 rings (SSSR count). The van der Waals surface area contributed by atoms with E-state index in [0.717, 1.165) is 36.0 Å². The van der Waals surface area contributed by atoms with Crippen molar-refractivity contribution in [3.05, 3.63) is 36.2 Å². The number of aromatic amines is 1. The van der Waals surface area contributed by atoms with Crippen LogP contribution in [0.1, 0.15) is 40.2 Å². The Labute approximate surface area is 149 Å². The number of benzene rings is 1. The molecule has 6 heteroatoms. The summed E-state index contributed by atoms with van der Waals surface area (Å²) >= 11 is 0. The molecule has 1 saturated heterocycles. The minimum Gasteiger partial charge on any atom is -0.356 e. The Morgan fingerprint density at radius 3 is 2.72 bits per heavy atom. The monoisotopic (exact) mass is 340 g/mol. The average Bonchev–Trinajstić information content (AvgIpc) is 3.12. The normalized spacial score (nSPS) is 18.8. The molecule has 6 nitrogen and oxygen atoms in total. The molecule has 0 unspecified atom stereocenters. The lowest BCUT2D eigenvalue weighted by molar-refractivity contribution is -0.0667. The van der Waals surface area contributed by atoms with Gasteiger partial charge in [-0.25, -0.2) is 9.98 Å². The van der Waals surface area contributed by atoms with Crippen LogP contribution in [0.2, 0.25) is 0 Å². The molecule has 0 saturated carbocycles. The van der Waals surface area contributed by atoms with Crippen molar-refractivity contribution in [1.82, 2.24) is 25.4 Å². The molecule has 2 heterocycles. The molecule has 1 fully saturated rings. The quantitative estimate of drug-likeness (QED) is 0.663. The lowest BCUT2D eigenvalue weighted by Crippen LogP contribution is -2.72. The molecule has 0 aliphatic carbocycles. The van der Waals surface area contributed by atoms with Crippen LogP contribution in [0.5, 0.6) is 0 Å². The van der Waals surface area contributed by atoms with Crippen molar-refractivity contribution in [1.29, 1.82) is 0 Å². The second-order valence-electron chi connectivity index (χ2n) is 7.73. The molecular weight excluding hydrogens is 312 g/mol. The zero-order valence-electron chi connectivity index (χ0n) is 15.8. The summed E-state index contributed by atoms with van der Waals surface area (Å²) < 4.78 is 0. The summed E-state index contributed by atoms with van der Waals surface area (Å²) in [6, 6.07) is 8.27. The summed E-state index contributed by atoms with van der Waals surface area (Å²) in [7, 11) is 0. The predicted octanol–water partition coefficient (Wildman–Crippen LogP) is 3.06. The van der Waals surface area contributed by atoms with E-state index in [4.69, 9.17) is 4.99 Å². The molecule has 1 aromatic carbocycles. The first kappa shape index (κ1) is 17.5. The summed E-state index contributed by atoms with van der Waals surface area (Å²) in [6.07, 6.45) is 1.52. The van der Waals surface area contributed by atoms with Crippen LogP contribution in [0.3, 0.4) is 0 Å². The first-order valence-corrected chi connectivity index (χ1v) is 8.86. The van der Waals surface area contributed by atoms with Gasteiger partial charge in [0, 0.05) is 29.6 Å². The van der Waals surface area contributed by atoms with Crippen LogP contribution in [0.4, 0.5) is 0 Å². The fourth-order valence-electron chi connectivity index (χ4n) is 3.12. The standard InChI is InChI=1S/C19H28N6/c1-6-20-17(25-12-18(2,3)19(25,4)5)21-11-14-8-7-9-15(10-14)16-22-13-23-24-16/h7-10,13H,6,11-12H2,1-5H3,(H,20,21)(H,22,23,24). The van der Waals surface area contributed by atoms with Crippen LogP contribution in [0, 0.1) is 5.41 Å². The van der Waals surface area contributed by atoms with Crippen LogP contribution >= 0.6 is 0 Å². The fourth-order valence-corrected chi connectivity index (χ4v) is 3.12. The van der Waals surface area contributed by atoms with Gasteiger partial charge in [-0.2, -0.15) is 5.10 Å². The van der Waals surface area contributed by atoms with Crippen molar-refractivity contribution in [2.45, 2.75) is 46.7 Å². The Bertz CT molecular complexity index is 745. The molecule has 25 heavy (non-hydrogen) atoms. The number of H-pyrrole nitrogens is 1. The van der Waals surface area contributed by atoms with Crippen molar-refractivity contribution in [3.63, 3.8) is 0 Å². The molecule has 1 aliphatic heterocycles. The zero-order valence-corrected chi connectivity index (χ0v) is 15.8. The van der Waals surface area contributed by atoms with Crippen LogP contribution in [-0.2, 0) is 6.54 Å². The Kier molecular flexibility index (Phi) is 4.54. The minimum absolute atomic E-state index is 0.0929. The SMILES string of the molecule is CCNC(=NCc1cccc(-c2ncn[nH]2)c1)N1CC(C)(C)C1(C)C. The summed E-state index contributed by atoms with van der Waals surface area (Å²) in [5.74, 6) is 1.76. The van der Waals surface area contributed by atoms with E-state index in [1.54, 1.807) is 0 Å². The number of hydrogen-bond acceptors (Lipinski definition) is 3. The Morgan fingerprint density at radius 2 is 2.12 bits per heavy atom. The molecule has 2 aromatic rings. The molecule has 0 bridgehead atoms. The molecule has 2 N–H and O–H groups in total. The van der Waals surface area contributed by atoms with Gasteiger partial charge in [-0.1, -0.05) is 32.0 Å². The largest absolute Gasteiger partial charge is 0.356 e. The van der Waals surface area contributed by atoms with Gasteiger partial charge in [0.2, 0.25) is 0 Å². The van der Waals surface area contributed by atoms with Gasteiger partial charge >= 0.3 is 0 Å². The number of likely N-dealkylation sites (tertiary alicyclic amines) is 1. The highest BCUT2D eigenvalue weighted by atomic mass is 15.4. The van der Waals surface area contributed by atoms with Gasteiger partial charge < -0.3 is 10.2 Å². The lowest BCUT2D eigenvalue weighted by Gasteiger charge is -2.62. The lowest BCUT2D eigenvalue weighted by atomic mass is 9.65. The molecule has 0 amide bonds. The molecule has 0 radical (unpaired) electrons. The van der Waals surface area contributed by atoms with Gasteiger partial charge in [-0.3, -0.25) is 5.10 Å². The van der Waals surface area contributed by atoms with E-state index in [1.165, 1.54) is 6.33 Å². The first-order chi connectivity index (χ1) is 11.8. The highest BCUT2D eigenvalue weighted by molar-refractivity contribution is 5.82. The maximum atomic E-state index is 4.87. The molecule has 1 aromatic heterocycles. The van der Waals surface area contributed by atoms with Gasteiger partial charge in [0.05, 0.1) is 6.54 Å². The second-order valence-corrected chi connectivity index (χ2v) is 7.73. The highest BCUT2D eigenvalue weighted by Crippen LogP contribution is 2.46. The Hall–Kier alpha value is -2.37. The molecule has 1 aliphatic rings. The maximum Gasteiger partial charge on any atom is 0.194 e. The summed E-state index contributed by atoms with van der Waals surface area (Å²) in [5.41, 5.74) is 2.56. The molecular formula is C19H28N6. The number of rotatable bonds is 4.